The molecule has 6 heteroatoms. The molecule has 0 aliphatic heterocycles. The highest BCUT2D eigenvalue weighted by molar-refractivity contribution is 9.09. The average molecular weight is 290 g/mol. The molecule has 1 aromatic carbocycles. The quantitative estimate of drug-likeness (QED) is 0.335. The molecule has 1 rings (SSSR count). The maximum atomic E-state index is 10.4. The Bertz CT molecular complexity index is 328. The molecule has 16 heavy (non-hydrogen) atoms. The zero-order valence-electron chi connectivity index (χ0n) is 8.60. The summed E-state index contributed by atoms with van der Waals surface area (Å²) in [5.41, 5.74) is 0.0582. The molecule has 0 heterocycles. The molecule has 1 aromatic rings. The van der Waals surface area contributed by atoms with Crippen molar-refractivity contribution >= 4 is 21.6 Å². The van der Waals surface area contributed by atoms with E-state index in [1.165, 1.54) is 12.1 Å². The van der Waals surface area contributed by atoms with Crippen LogP contribution in [0.5, 0.6) is 5.75 Å². The summed E-state index contributed by atoms with van der Waals surface area (Å²) < 4.78 is 10.5. The number of rotatable bonds is 7. The topological polar surface area (TPSA) is 61.6 Å². The van der Waals surface area contributed by atoms with Gasteiger partial charge in [0.05, 0.1) is 18.1 Å². The first kappa shape index (κ1) is 12.9. The Kier molecular flexibility index (Phi) is 5.81. The zero-order valence-corrected chi connectivity index (χ0v) is 10.2. The zero-order chi connectivity index (χ0) is 11.8. The lowest BCUT2D eigenvalue weighted by molar-refractivity contribution is -0.384. The van der Waals surface area contributed by atoms with Gasteiger partial charge >= 0.3 is 0 Å². The standard InChI is InChI=1S/C10H12BrNO4/c11-5-6-15-7-8-16-10-3-1-9(2-4-10)12(13)14/h1-4H,5-8H2. The second kappa shape index (κ2) is 7.19. The molecule has 0 saturated carbocycles. The van der Waals surface area contributed by atoms with Gasteiger partial charge in [0.1, 0.15) is 12.4 Å². The van der Waals surface area contributed by atoms with Gasteiger partial charge in [0.25, 0.3) is 5.69 Å². The highest BCUT2D eigenvalue weighted by atomic mass is 79.9. The number of ether oxygens (including phenoxy) is 2. The molecule has 0 spiro atoms. The van der Waals surface area contributed by atoms with E-state index in [4.69, 9.17) is 9.47 Å². The van der Waals surface area contributed by atoms with Crippen molar-refractivity contribution < 1.29 is 14.4 Å². The number of nitrogens with zero attached hydrogens (tertiary/aromatic N) is 1. The number of hydrogen-bond acceptors (Lipinski definition) is 4. The number of hydrogen-bond donors (Lipinski definition) is 0. The second-order valence-corrected chi connectivity index (χ2v) is 3.69. The van der Waals surface area contributed by atoms with E-state index in [1.807, 2.05) is 0 Å². The summed E-state index contributed by atoms with van der Waals surface area (Å²) in [5.74, 6) is 0.605. The molecule has 0 fully saturated rings. The monoisotopic (exact) mass is 289 g/mol. The van der Waals surface area contributed by atoms with Crippen LogP contribution in [0.25, 0.3) is 0 Å². The van der Waals surface area contributed by atoms with Gasteiger partial charge in [0, 0.05) is 17.5 Å². The molecule has 0 saturated heterocycles. The van der Waals surface area contributed by atoms with Crippen LogP contribution in [-0.4, -0.2) is 30.1 Å². The molecule has 0 aromatic heterocycles. The maximum absolute atomic E-state index is 10.4. The molecule has 0 bridgehead atoms. The van der Waals surface area contributed by atoms with Gasteiger partial charge in [-0.2, -0.15) is 0 Å². The SMILES string of the molecule is O=[N+]([O-])c1ccc(OCCOCCBr)cc1. The van der Waals surface area contributed by atoms with Gasteiger partial charge in [-0.1, -0.05) is 15.9 Å². The van der Waals surface area contributed by atoms with E-state index in [1.54, 1.807) is 12.1 Å². The number of alkyl halides is 1. The summed E-state index contributed by atoms with van der Waals surface area (Å²) in [7, 11) is 0. The van der Waals surface area contributed by atoms with E-state index < -0.39 is 4.92 Å². The summed E-state index contributed by atoms with van der Waals surface area (Å²) in [6, 6.07) is 5.97. The summed E-state index contributed by atoms with van der Waals surface area (Å²) >= 11 is 3.24. The molecule has 88 valence electrons. The third-order valence-corrected chi connectivity index (χ3v) is 2.09. The van der Waals surface area contributed by atoms with Crippen molar-refractivity contribution in [3.63, 3.8) is 0 Å². The molecular weight excluding hydrogens is 278 g/mol. The summed E-state index contributed by atoms with van der Waals surface area (Å²) in [4.78, 5) is 9.94. The van der Waals surface area contributed by atoms with Crippen molar-refractivity contribution in [3.05, 3.63) is 34.4 Å². The highest BCUT2D eigenvalue weighted by Gasteiger charge is 2.03. The number of non-ortho nitro benzene ring substituents is 1. The summed E-state index contributed by atoms with van der Waals surface area (Å²) in [5, 5.41) is 11.2. The fraction of sp³-hybridized carbons (Fsp3) is 0.400. The summed E-state index contributed by atoms with van der Waals surface area (Å²) in [6.07, 6.45) is 0. The van der Waals surface area contributed by atoms with Crippen molar-refractivity contribution in [2.75, 3.05) is 25.2 Å². The average Bonchev–Trinajstić information content (AvgIpc) is 2.29. The van der Waals surface area contributed by atoms with Crippen molar-refractivity contribution in [2.45, 2.75) is 0 Å². The molecule has 0 radical (unpaired) electrons. The molecule has 0 aliphatic rings. The summed E-state index contributed by atoms with van der Waals surface area (Å²) in [6.45, 7) is 1.58. The lowest BCUT2D eigenvalue weighted by Crippen LogP contribution is -2.07. The van der Waals surface area contributed by atoms with Crippen LogP contribution in [0.3, 0.4) is 0 Å². The van der Waals surface area contributed by atoms with Gasteiger partial charge in [-0.3, -0.25) is 10.1 Å². The van der Waals surface area contributed by atoms with E-state index in [0.29, 0.717) is 25.6 Å². The van der Waals surface area contributed by atoms with Crippen LogP contribution < -0.4 is 4.74 Å². The van der Waals surface area contributed by atoms with E-state index >= 15 is 0 Å². The lowest BCUT2D eigenvalue weighted by Gasteiger charge is -2.05. The number of nitro benzene ring substituents is 1. The highest BCUT2D eigenvalue weighted by Crippen LogP contribution is 2.16. The molecule has 0 aliphatic carbocycles. The first-order valence-electron chi connectivity index (χ1n) is 4.75. The van der Waals surface area contributed by atoms with E-state index in [2.05, 4.69) is 15.9 Å². The van der Waals surface area contributed by atoms with Crippen molar-refractivity contribution in [1.29, 1.82) is 0 Å². The minimum Gasteiger partial charge on any atom is -0.491 e. The first-order valence-corrected chi connectivity index (χ1v) is 5.87. The molecule has 0 amide bonds. The van der Waals surface area contributed by atoms with E-state index in [-0.39, 0.29) is 5.69 Å². The fourth-order valence-electron chi connectivity index (χ4n) is 1.04. The Labute approximate surface area is 102 Å². The third-order valence-electron chi connectivity index (χ3n) is 1.77. The lowest BCUT2D eigenvalue weighted by atomic mass is 10.3. The maximum Gasteiger partial charge on any atom is 0.269 e. The van der Waals surface area contributed by atoms with E-state index in [0.717, 1.165) is 5.33 Å². The van der Waals surface area contributed by atoms with Gasteiger partial charge in [-0.15, -0.1) is 0 Å². The predicted octanol–water partition coefficient (Wildman–Crippen LogP) is 2.39. The molecule has 0 unspecified atom stereocenters. The molecule has 0 N–H and O–H groups in total. The van der Waals surface area contributed by atoms with E-state index in [9.17, 15) is 10.1 Å². The number of halogens is 1. The Balaban J connectivity index is 2.29. The first-order chi connectivity index (χ1) is 7.74. The van der Waals surface area contributed by atoms with Crippen LogP contribution in [0, 0.1) is 10.1 Å². The van der Waals surface area contributed by atoms with Crippen LogP contribution in [0.4, 0.5) is 5.69 Å². The van der Waals surface area contributed by atoms with Gasteiger partial charge in [-0.25, -0.2) is 0 Å². The smallest absolute Gasteiger partial charge is 0.269 e. The van der Waals surface area contributed by atoms with Crippen molar-refractivity contribution in [3.8, 4) is 5.75 Å². The van der Waals surface area contributed by atoms with Crippen LogP contribution in [0.1, 0.15) is 0 Å². The number of nitro groups is 1. The molecular formula is C10H12BrNO4. The largest absolute Gasteiger partial charge is 0.491 e. The van der Waals surface area contributed by atoms with Crippen LogP contribution >= 0.6 is 15.9 Å². The van der Waals surface area contributed by atoms with Gasteiger partial charge in [0.2, 0.25) is 0 Å². The Morgan fingerprint density at radius 1 is 1.19 bits per heavy atom. The Hall–Kier alpha value is -1.14. The molecule has 5 nitrogen and oxygen atoms in total. The second-order valence-electron chi connectivity index (χ2n) is 2.90. The predicted molar refractivity (Wildman–Crippen MR) is 63.2 cm³/mol. The normalized spacial score (nSPS) is 10.1. The van der Waals surface area contributed by atoms with Crippen LogP contribution in [-0.2, 0) is 4.74 Å². The van der Waals surface area contributed by atoms with Crippen LogP contribution in [0.2, 0.25) is 0 Å². The van der Waals surface area contributed by atoms with Gasteiger partial charge in [-0.05, 0) is 12.1 Å². The Morgan fingerprint density at radius 2 is 1.88 bits per heavy atom. The third kappa shape index (κ3) is 4.59. The van der Waals surface area contributed by atoms with Gasteiger partial charge < -0.3 is 9.47 Å². The minimum absolute atomic E-state index is 0.0582. The number of benzene rings is 1. The molecule has 0 atom stereocenters. The fourth-order valence-corrected chi connectivity index (χ4v) is 1.27. The van der Waals surface area contributed by atoms with Gasteiger partial charge in [0.15, 0.2) is 0 Å². The van der Waals surface area contributed by atoms with Crippen molar-refractivity contribution in [2.24, 2.45) is 0 Å². The Morgan fingerprint density at radius 3 is 2.44 bits per heavy atom. The minimum atomic E-state index is -0.442. The van der Waals surface area contributed by atoms with Crippen LogP contribution in [0.15, 0.2) is 24.3 Å². The van der Waals surface area contributed by atoms with Crippen molar-refractivity contribution in [1.82, 2.24) is 0 Å².